The molecule has 0 aliphatic carbocycles. The molecule has 0 amide bonds. The van der Waals surface area contributed by atoms with E-state index in [0.29, 0.717) is 5.56 Å². The second-order valence-electron chi connectivity index (χ2n) is 2.41. The third-order valence-electron chi connectivity index (χ3n) is 1.43. The lowest BCUT2D eigenvalue weighted by molar-refractivity contribution is -0.0521. The molecule has 0 fully saturated rings. The van der Waals surface area contributed by atoms with Gasteiger partial charge in [0.25, 0.3) is 0 Å². The molecule has 0 aliphatic rings. The van der Waals surface area contributed by atoms with Crippen molar-refractivity contribution < 1.29 is 17.9 Å². The Labute approximate surface area is 78.1 Å². The quantitative estimate of drug-likeness (QED) is 0.727. The van der Waals surface area contributed by atoms with Gasteiger partial charge in [-0.3, -0.25) is 0 Å². The summed E-state index contributed by atoms with van der Waals surface area (Å²) in [6, 6.07) is 2.07. The minimum Gasteiger partial charge on any atom is -0.432 e. The number of alkyl halides is 2. The van der Waals surface area contributed by atoms with E-state index in [1.807, 2.05) is 0 Å². The van der Waals surface area contributed by atoms with Crippen LogP contribution in [0.15, 0.2) is 12.1 Å². The molecule has 1 rings (SSSR count). The third kappa shape index (κ3) is 2.52. The predicted molar refractivity (Wildman–Crippen MR) is 42.8 cm³/mol. The summed E-state index contributed by atoms with van der Waals surface area (Å²) in [4.78, 5) is 0. The summed E-state index contributed by atoms with van der Waals surface area (Å²) in [5.41, 5.74) is 0.473. The van der Waals surface area contributed by atoms with Crippen molar-refractivity contribution in [2.24, 2.45) is 0 Å². The lowest BCUT2D eigenvalue weighted by Crippen LogP contribution is -2.03. The number of ether oxygens (including phenoxy) is 1. The van der Waals surface area contributed by atoms with E-state index in [4.69, 9.17) is 11.6 Å². The minimum absolute atomic E-state index is 0.192. The number of halogens is 4. The highest BCUT2D eigenvalue weighted by molar-refractivity contribution is 6.31. The Morgan fingerprint density at radius 3 is 2.54 bits per heavy atom. The summed E-state index contributed by atoms with van der Waals surface area (Å²) in [5, 5.41) is 0.192. The Hall–Kier alpha value is -0.900. The second kappa shape index (κ2) is 3.87. The fraction of sp³-hybridized carbons (Fsp3) is 0.250. The Morgan fingerprint density at radius 2 is 2.00 bits per heavy atom. The molecule has 0 spiro atoms. The lowest BCUT2D eigenvalue weighted by Gasteiger charge is -2.07. The van der Waals surface area contributed by atoms with Crippen LogP contribution in [0.2, 0.25) is 5.02 Å². The number of hydrogen-bond acceptors (Lipinski definition) is 1. The number of rotatable bonds is 2. The van der Waals surface area contributed by atoms with Crippen LogP contribution in [0, 0.1) is 12.7 Å². The van der Waals surface area contributed by atoms with Crippen LogP contribution in [0.5, 0.6) is 5.75 Å². The fourth-order valence-corrected chi connectivity index (χ4v) is 0.968. The van der Waals surface area contributed by atoms with Gasteiger partial charge >= 0.3 is 6.61 Å². The van der Waals surface area contributed by atoms with E-state index in [1.54, 1.807) is 6.92 Å². The van der Waals surface area contributed by atoms with Crippen molar-refractivity contribution >= 4 is 11.6 Å². The summed E-state index contributed by atoms with van der Waals surface area (Å²) in [6.45, 7) is -1.48. The molecule has 0 saturated heterocycles. The number of benzene rings is 1. The Bertz CT molecular complexity index is 315. The molecule has 0 saturated carbocycles. The maximum atomic E-state index is 12.9. The maximum absolute atomic E-state index is 12.9. The largest absolute Gasteiger partial charge is 0.432 e. The van der Waals surface area contributed by atoms with Crippen molar-refractivity contribution in [2.45, 2.75) is 13.5 Å². The fourth-order valence-electron chi connectivity index (χ4n) is 0.814. The molecule has 0 bridgehead atoms. The van der Waals surface area contributed by atoms with Crippen molar-refractivity contribution in [3.05, 3.63) is 28.5 Å². The highest BCUT2D eigenvalue weighted by Crippen LogP contribution is 2.26. The first-order valence-electron chi connectivity index (χ1n) is 3.41. The first kappa shape index (κ1) is 10.2. The molecule has 13 heavy (non-hydrogen) atoms. The number of aryl methyl sites for hydroxylation is 1. The van der Waals surface area contributed by atoms with Crippen molar-refractivity contribution in [2.75, 3.05) is 0 Å². The van der Waals surface area contributed by atoms with Gasteiger partial charge in [0.1, 0.15) is 0 Å². The van der Waals surface area contributed by atoms with Gasteiger partial charge in [0, 0.05) is 11.1 Å². The summed E-state index contributed by atoms with van der Waals surface area (Å²) in [6.07, 6.45) is 0. The Balaban J connectivity index is 3.01. The summed E-state index contributed by atoms with van der Waals surface area (Å²) >= 11 is 5.58. The van der Waals surface area contributed by atoms with E-state index in [2.05, 4.69) is 4.74 Å². The molecule has 5 heteroatoms. The zero-order valence-corrected chi connectivity index (χ0v) is 7.41. The van der Waals surface area contributed by atoms with Crippen molar-refractivity contribution in [1.29, 1.82) is 0 Å². The van der Waals surface area contributed by atoms with Crippen molar-refractivity contribution in [1.82, 2.24) is 0 Å². The summed E-state index contributed by atoms with van der Waals surface area (Å²) < 4.78 is 40.2. The maximum Gasteiger partial charge on any atom is 0.387 e. The molecule has 0 N–H and O–H groups in total. The summed E-state index contributed by atoms with van der Waals surface area (Å²) in [5.74, 6) is -1.38. The highest BCUT2D eigenvalue weighted by atomic mass is 35.5. The smallest absolute Gasteiger partial charge is 0.387 e. The van der Waals surface area contributed by atoms with Gasteiger partial charge in [0.2, 0.25) is 0 Å². The second-order valence-corrected chi connectivity index (χ2v) is 2.82. The van der Waals surface area contributed by atoms with Gasteiger partial charge in [-0.15, -0.1) is 0 Å². The zero-order valence-electron chi connectivity index (χ0n) is 6.65. The van der Waals surface area contributed by atoms with E-state index in [-0.39, 0.29) is 5.02 Å². The van der Waals surface area contributed by atoms with Gasteiger partial charge in [-0.1, -0.05) is 11.6 Å². The Morgan fingerprint density at radius 1 is 1.38 bits per heavy atom. The van der Waals surface area contributed by atoms with Gasteiger partial charge < -0.3 is 4.74 Å². The first-order chi connectivity index (χ1) is 6.00. The van der Waals surface area contributed by atoms with Crippen LogP contribution in [-0.2, 0) is 0 Å². The Kier molecular flexibility index (Phi) is 3.03. The van der Waals surface area contributed by atoms with E-state index >= 15 is 0 Å². The van der Waals surface area contributed by atoms with E-state index in [9.17, 15) is 13.2 Å². The third-order valence-corrected chi connectivity index (χ3v) is 1.84. The first-order valence-corrected chi connectivity index (χ1v) is 3.79. The van der Waals surface area contributed by atoms with Crippen LogP contribution in [0.3, 0.4) is 0 Å². The molecule has 72 valence electrons. The summed E-state index contributed by atoms with van der Waals surface area (Å²) in [7, 11) is 0. The molecule has 0 aromatic heterocycles. The molecule has 0 atom stereocenters. The van der Waals surface area contributed by atoms with Crippen LogP contribution < -0.4 is 4.74 Å². The van der Waals surface area contributed by atoms with Crippen LogP contribution in [0.4, 0.5) is 13.2 Å². The average molecular weight is 211 g/mol. The molecule has 1 aromatic carbocycles. The molecule has 0 radical (unpaired) electrons. The minimum atomic E-state index is -3.05. The molecular weight excluding hydrogens is 205 g/mol. The predicted octanol–water partition coefficient (Wildman–Crippen LogP) is 3.39. The zero-order chi connectivity index (χ0) is 10.0. The van der Waals surface area contributed by atoms with Crippen LogP contribution in [0.25, 0.3) is 0 Å². The topological polar surface area (TPSA) is 9.23 Å². The van der Waals surface area contributed by atoms with Crippen molar-refractivity contribution in [3.63, 3.8) is 0 Å². The van der Waals surface area contributed by atoms with Crippen LogP contribution in [-0.4, -0.2) is 6.61 Å². The van der Waals surface area contributed by atoms with Gasteiger partial charge in [-0.05, 0) is 18.6 Å². The van der Waals surface area contributed by atoms with Gasteiger partial charge in [-0.2, -0.15) is 8.78 Å². The van der Waals surface area contributed by atoms with E-state index in [1.165, 1.54) is 0 Å². The van der Waals surface area contributed by atoms with Gasteiger partial charge in [-0.25, -0.2) is 4.39 Å². The van der Waals surface area contributed by atoms with Crippen LogP contribution >= 0.6 is 11.6 Å². The van der Waals surface area contributed by atoms with Crippen LogP contribution in [0.1, 0.15) is 5.56 Å². The molecule has 0 heterocycles. The molecular formula is C8H6ClF3O. The SMILES string of the molecule is Cc1cc(F)c(OC(F)F)cc1Cl. The van der Waals surface area contributed by atoms with Gasteiger partial charge in [0.05, 0.1) is 0 Å². The van der Waals surface area contributed by atoms with E-state index in [0.717, 1.165) is 12.1 Å². The molecule has 1 nitrogen and oxygen atoms in total. The highest BCUT2D eigenvalue weighted by Gasteiger charge is 2.11. The monoisotopic (exact) mass is 210 g/mol. The van der Waals surface area contributed by atoms with E-state index < -0.39 is 18.2 Å². The molecule has 0 unspecified atom stereocenters. The normalized spacial score (nSPS) is 10.6. The molecule has 0 aliphatic heterocycles. The lowest BCUT2D eigenvalue weighted by atomic mass is 10.2. The van der Waals surface area contributed by atoms with Gasteiger partial charge in [0.15, 0.2) is 11.6 Å². The standard InChI is InChI=1S/C8H6ClF3O/c1-4-2-6(10)7(3-5(4)9)13-8(11)12/h2-3,8H,1H3. The molecule has 1 aromatic rings. The van der Waals surface area contributed by atoms with Crippen molar-refractivity contribution in [3.8, 4) is 5.75 Å². The average Bonchev–Trinajstić information content (AvgIpc) is 1.99. The number of hydrogen-bond donors (Lipinski definition) is 0.